The highest BCUT2D eigenvalue weighted by Gasteiger charge is 2.40. The lowest BCUT2D eigenvalue weighted by atomic mass is 9.85. The summed E-state index contributed by atoms with van der Waals surface area (Å²) >= 11 is 0. The summed E-state index contributed by atoms with van der Waals surface area (Å²) in [7, 11) is 0. The number of ether oxygens (including phenoxy) is 4. The van der Waals surface area contributed by atoms with Crippen LogP contribution in [0.3, 0.4) is 0 Å². The molecule has 1 saturated carbocycles. The molecule has 0 saturated heterocycles. The van der Waals surface area contributed by atoms with Crippen LogP contribution in [-0.4, -0.2) is 41.8 Å². The second kappa shape index (κ2) is 9.21. The molecule has 7 heteroatoms. The smallest absolute Gasteiger partial charge is 0.374 e. The molecule has 178 valence electrons. The SMILES string of the molecule is CCCOc1c2c(cc3c1C(=C1CCC(=O)CC1)C=C(C(=O)OCC)O3)O[C@H](C(C)(C)O)C2. The summed E-state index contributed by atoms with van der Waals surface area (Å²) in [5.41, 5.74) is 2.57. The maximum absolute atomic E-state index is 12.6. The lowest BCUT2D eigenvalue weighted by molar-refractivity contribution is -0.141. The Morgan fingerprint density at radius 1 is 1.18 bits per heavy atom. The maximum atomic E-state index is 12.6. The van der Waals surface area contributed by atoms with E-state index in [0.717, 1.165) is 28.7 Å². The number of fused-ring (bicyclic) bond motifs is 2. The van der Waals surface area contributed by atoms with Crippen molar-refractivity contribution in [2.75, 3.05) is 13.2 Å². The molecule has 0 spiro atoms. The Hall–Kier alpha value is -2.80. The van der Waals surface area contributed by atoms with Crippen LogP contribution in [0.15, 0.2) is 23.5 Å². The van der Waals surface area contributed by atoms with Gasteiger partial charge in [-0.25, -0.2) is 4.79 Å². The molecule has 0 bridgehead atoms. The van der Waals surface area contributed by atoms with Crippen LogP contribution in [0.4, 0.5) is 0 Å². The van der Waals surface area contributed by atoms with E-state index in [9.17, 15) is 14.7 Å². The molecule has 3 aliphatic rings. The van der Waals surface area contributed by atoms with E-state index in [2.05, 4.69) is 0 Å². The first-order valence-electron chi connectivity index (χ1n) is 11.7. The Morgan fingerprint density at radius 2 is 1.91 bits per heavy atom. The fourth-order valence-electron chi connectivity index (χ4n) is 4.46. The predicted molar refractivity (Wildman–Crippen MR) is 122 cm³/mol. The minimum Gasteiger partial charge on any atom is -0.492 e. The zero-order valence-electron chi connectivity index (χ0n) is 19.8. The number of hydrogen-bond donors (Lipinski definition) is 1. The molecule has 1 fully saturated rings. The van der Waals surface area contributed by atoms with E-state index in [1.807, 2.05) is 6.92 Å². The molecule has 1 aliphatic carbocycles. The van der Waals surface area contributed by atoms with E-state index >= 15 is 0 Å². The van der Waals surface area contributed by atoms with Gasteiger partial charge in [0.05, 0.1) is 24.4 Å². The van der Waals surface area contributed by atoms with E-state index in [4.69, 9.17) is 18.9 Å². The van der Waals surface area contributed by atoms with Crippen LogP contribution in [0.25, 0.3) is 5.57 Å². The zero-order chi connectivity index (χ0) is 23.8. The fourth-order valence-corrected chi connectivity index (χ4v) is 4.46. The Balaban J connectivity index is 1.88. The number of esters is 1. The van der Waals surface area contributed by atoms with E-state index in [-0.39, 0.29) is 18.1 Å². The van der Waals surface area contributed by atoms with E-state index < -0.39 is 17.7 Å². The molecule has 0 unspecified atom stereocenters. The minimum atomic E-state index is -1.04. The second-order valence-electron chi connectivity index (χ2n) is 9.26. The highest BCUT2D eigenvalue weighted by Crippen LogP contribution is 2.51. The number of carbonyl (C=O) groups is 2. The minimum absolute atomic E-state index is 0.0992. The number of benzene rings is 1. The predicted octanol–water partition coefficient (Wildman–Crippen LogP) is 4.29. The summed E-state index contributed by atoms with van der Waals surface area (Å²) in [6, 6.07) is 1.77. The van der Waals surface area contributed by atoms with Gasteiger partial charge in [0.15, 0.2) is 0 Å². The van der Waals surface area contributed by atoms with E-state index in [1.165, 1.54) is 0 Å². The van der Waals surface area contributed by atoms with Crippen molar-refractivity contribution in [2.45, 2.75) is 77.9 Å². The van der Waals surface area contributed by atoms with Crippen molar-refractivity contribution in [1.82, 2.24) is 0 Å². The number of ketones is 1. The molecule has 1 aromatic carbocycles. The average Bonchev–Trinajstić information content (AvgIpc) is 3.21. The number of aliphatic hydroxyl groups is 1. The van der Waals surface area contributed by atoms with Crippen molar-refractivity contribution in [3.05, 3.63) is 34.6 Å². The Morgan fingerprint density at radius 3 is 2.55 bits per heavy atom. The highest BCUT2D eigenvalue weighted by molar-refractivity contribution is 5.97. The van der Waals surface area contributed by atoms with Crippen LogP contribution < -0.4 is 14.2 Å². The van der Waals surface area contributed by atoms with Crippen molar-refractivity contribution < 1.29 is 33.6 Å². The van der Waals surface area contributed by atoms with Crippen molar-refractivity contribution in [3.63, 3.8) is 0 Å². The van der Waals surface area contributed by atoms with E-state index in [1.54, 1.807) is 32.9 Å². The lowest BCUT2D eigenvalue weighted by Gasteiger charge is -2.27. The zero-order valence-corrected chi connectivity index (χ0v) is 19.8. The summed E-state index contributed by atoms with van der Waals surface area (Å²) in [6.07, 6.45) is 4.84. The summed E-state index contributed by atoms with van der Waals surface area (Å²) in [6.45, 7) is 7.96. The second-order valence-corrected chi connectivity index (χ2v) is 9.26. The molecular formula is C26H32O7. The summed E-state index contributed by atoms with van der Waals surface area (Å²) in [4.78, 5) is 24.5. The van der Waals surface area contributed by atoms with Crippen molar-refractivity contribution in [1.29, 1.82) is 0 Å². The maximum Gasteiger partial charge on any atom is 0.374 e. The van der Waals surface area contributed by atoms with Gasteiger partial charge in [0, 0.05) is 30.9 Å². The monoisotopic (exact) mass is 456 g/mol. The van der Waals surface area contributed by atoms with Gasteiger partial charge >= 0.3 is 5.97 Å². The molecule has 33 heavy (non-hydrogen) atoms. The van der Waals surface area contributed by atoms with Crippen LogP contribution in [-0.2, 0) is 20.7 Å². The first-order valence-corrected chi connectivity index (χ1v) is 11.7. The van der Waals surface area contributed by atoms with E-state index in [0.29, 0.717) is 56.0 Å². The molecule has 2 aliphatic heterocycles. The van der Waals surface area contributed by atoms with Gasteiger partial charge in [-0.05, 0) is 51.7 Å². The third kappa shape index (κ3) is 4.64. The topological polar surface area (TPSA) is 91.3 Å². The molecular weight excluding hydrogens is 424 g/mol. The van der Waals surface area contributed by atoms with Gasteiger partial charge in [-0.2, -0.15) is 0 Å². The van der Waals surface area contributed by atoms with Gasteiger partial charge in [-0.1, -0.05) is 12.5 Å². The molecule has 0 radical (unpaired) electrons. The lowest BCUT2D eigenvalue weighted by Crippen LogP contribution is -2.39. The Bertz CT molecular complexity index is 1010. The number of rotatable bonds is 6. The van der Waals surface area contributed by atoms with Crippen molar-refractivity contribution in [2.24, 2.45) is 0 Å². The van der Waals surface area contributed by atoms with Crippen molar-refractivity contribution >= 4 is 17.3 Å². The molecule has 4 rings (SSSR count). The van der Waals surface area contributed by atoms with Crippen LogP contribution in [0, 0.1) is 0 Å². The van der Waals surface area contributed by atoms with Crippen LogP contribution in [0.2, 0.25) is 0 Å². The first-order chi connectivity index (χ1) is 15.7. The number of hydrogen-bond acceptors (Lipinski definition) is 7. The van der Waals surface area contributed by atoms with Gasteiger partial charge in [0.1, 0.15) is 29.1 Å². The van der Waals surface area contributed by atoms with Gasteiger partial charge in [0.25, 0.3) is 0 Å². The molecule has 1 aromatic rings. The largest absolute Gasteiger partial charge is 0.492 e. The number of carbonyl (C=O) groups excluding carboxylic acids is 2. The first kappa shape index (κ1) is 23.4. The fraction of sp³-hybridized carbons (Fsp3) is 0.538. The number of Topliss-reactive ketones (excluding diaryl/α,β-unsaturated/α-hetero) is 1. The highest BCUT2D eigenvalue weighted by atomic mass is 16.6. The molecule has 0 aromatic heterocycles. The standard InChI is InChI=1S/C26H32O7/c1-5-11-31-24-18-13-22(26(3,4)29)33-19(18)14-20-23(24)17(15-7-9-16(27)10-8-15)12-21(32-20)25(28)30-6-2/h12,14,22,29H,5-11,13H2,1-4H3/t22-/m0/s1. The summed E-state index contributed by atoms with van der Waals surface area (Å²) < 4.78 is 23.6. The van der Waals surface area contributed by atoms with Gasteiger partial charge in [-0.3, -0.25) is 4.79 Å². The molecule has 0 amide bonds. The van der Waals surface area contributed by atoms with Crippen LogP contribution >= 0.6 is 0 Å². The average molecular weight is 457 g/mol. The third-order valence-electron chi connectivity index (χ3n) is 6.24. The normalized spacial score (nSPS) is 19.8. The molecule has 7 nitrogen and oxygen atoms in total. The van der Waals surface area contributed by atoms with Crippen LogP contribution in [0.5, 0.6) is 17.2 Å². The molecule has 1 N–H and O–H groups in total. The van der Waals surface area contributed by atoms with Gasteiger partial charge in [-0.15, -0.1) is 0 Å². The Kier molecular flexibility index (Phi) is 6.52. The van der Waals surface area contributed by atoms with Gasteiger partial charge < -0.3 is 24.1 Å². The number of allylic oxidation sites excluding steroid dienone is 3. The Labute approximate surface area is 194 Å². The third-order valence-corrected chi connectivity index (χ3v) is 6.24. The molecule has 2 heterocycles. The van der Waals surface area contributed by atoms with Crippen LogP contribution in [0.1, 0.15) is 70.9 Å². The quantitative estimate of drug-likeness (QED) is 0.639. The molecule has 1 atom stereocenters. The summed E-state index contributed by atoms with van der Waals surface area (Å²) in [5.74, 6) is 1.51. The van der Waals surface area contributed by atoms with Gasteiger partial charge in [0.2, 0.25) is 5.76 Å². The van der Waals surface area contributed by atoms with Crippen molar-refractivity contribution in [3.8, 4) is 17.2 Å². The summed E-state index contributed by atoms with van der Waals surface area (Å²) in [5, 5.41) is 10.6.